The zero-order valence-electron chi connectivity index (χ0n) is 20.8. The average molecular weight is 516 g/mol. The van der Waals surface area contributed by atoms with Crippen molar-refractivity contribution in [3.05, 3.63) is 88.5 Å². The van der Waals surface area contributed by atoms with Crippen LogP contribution in [0.1, 0.15) is 11.5 Å². The summed E-state index contributed by atoms with van der Waals surface area (Å²) in [5.41, 5.74) is 2.63. The Morgan fingerprint density at radius 1 is 0.892 bits per heavy atom. The maximum absolute atomic E-state index is 13.7. The summed E-state index contributed by atoms with van der Waals surface area (Å²) in [5.74, 6) is 3.57. The minimum atomic E-state index is -0.188. The van der Waals surface area contributed by atoms with Crippen molar-refractivity contribution in [3.63, 3.8) is 0 Å². The minimum absolute atomic E-state index is 0.188. The smallest absolute Gasteiger partial charge is 0.266 e. The van der Waals surface area contributed by atoms with Gasteiger partial charge in [0.1, 0.15) is 23.0 Å². The highest BCUT2D eigenvalue weighted by Gasteiger charge is 2.19. The molecule has 0 saturated heterocycles. The summed E-state index contributed by atoms with van der Waals surface area (Å²) in [6.45, 7) is 1.88. The van der Waals surface area contributed by atoms with Crippen molar-refractivity contribution in [1.82, 2.24) is 14.5 Å². The van der Waals surface area contributed by atoms with Crippen LogP contribution in [0, 0.1) is 6.92 Å². The minimum Gasteiger partial charge on any atom is -0.497 e. The van der Waals surface area contributed by atoms with Crippen molar-refractivity contribution >= 4 is 22.7 Å². The lowest BCUT2D eigenvalue weighted by Crippen LogP contribution is -2.22. The number of para-hydroxylation sites is 1. The van der Waals surface area contributed by atoms with Crippen LogP contribution in [0.4, 0.5) is 0 Å². The van der Waals surface area contributed by atoms with Gasteiger partial charge in [0.2, 0.25) is 5.89 Å². The Morgan fingerprint density at radius 3 is 2.35 bits per heavy atom. The highest BCUT2D eigenvalue weighted by atomic mass is 32.2. The quantitative estimate of drug-likeness (QED) is 0.193. The van der Waals surface area contributed by atoms with Crippen LogP contribution < -0.4 is 19.8 Å². The predicted molar refractivity (Wildman–Crippen MR) is 143 cm³/mol. The Bertz CT molecular complexity index is 1630. The number of methoxy groups -OCH3 is 3. The Hall–Kier alpha value is -4.24. The fourth-order valence-corrected chi connectivity index (χ4v) is 4.95. The molecular formula is C28H25N3O5S. The van der Waals surface area contributed by atoms with Crippen molar-refractivity contribution in [1.29, 1.82) is 0 Å². The predicted octanol–water partition coefficient (Wildman–Crippen LogP) is 5.67. The van der Waals surface area contributed by atoms with Crippen LogP contribution in [0.2, 0.25) is 0 Å². The first kappa shape index (κ1) is 24.5. The molecular weight excluding hydrogens is 490 g/mol. The molecule has 8 nitrogen and oxygen atoms in total. The van der Waals surface area contributed by atoms with Gasteiger partial charge in [-0.2, -0.15) is 0 Å². The fraction of sp³-hybridized carbons (Fsp3) is 0.179. The van der Waals surface area contributed by atoms with Crippen LogP contribution in [0.15, 0.2) is 81.1 Å². The van der Waals surface area contributed by atoms with Crippen molar-refractivity contribution < 1.29 is 18.6 Å². The summed E-state index contributed by atoms with van der Waals surface area (Å²) in [7, 11) is 4.77. The van der Waals surface area contributed by atoms with E-state index in [9.17, 15) is 4.79 Å². The largest absolute Gasteiger partial charge is 0.497 e. The Morgan fingerprint density at radius 2 is 1.62 bits per heavy atom. The van der Waals surface area contributed by atoms with Gasteiger partial charge in [0, 0.05) is 17.4 Å². The van der Waals surface area contributed by atoms with Gasteiger partial charge in [-0.15, -0.1) is 0 Å². The molecule has 0 aliphatic heterocycles. The molecule has 0 atom stereocenters. The van der Waals surface area contributed by atoms with Gasteiger partial charge < -0.3 is 18.6 Å². The lowest BCUT2D eigenvalue weighted by Gasteiger charge is -2.16. The molecule has 0 aliphatic rings. The number of aromatic nitrogens is 3. The molecule has 0 bridgehead atoms. The number of thioether (sulfide) groups is 1. The van der Waals surface area contributed by atoms with E-state index >= 15 is 0 Å². The van der Waals surface area contributed by atoms with Crippen LogP contribution in [0.5, 0.6) is 17.2 Å². The van der Waals surface area contributed by atoms with Gasteiger partial charge >= 0.3 is 0 Å². The van der Waals surface area contributed by atoms with Crippen LogP contribution in [0.3, 0.4) is 0 Å². The lowest BCUT2D eigenvalue weighted by molar-refractivity contribution is 0.392. The highest BCUT2D eigenvalue weighted by Crippen LogP contribution is 2.33. The molecule has 9 heteroatoms. The Labute approximate surface area is 217 Å². The van der Waals surface area contributed by atoms with Gasteiger partial charge in [-0.1, -0.05) is 23.9 Å². The van der Waals surface area contributed by atoms with Gasteiger partial charge in [-0.25, -0.2) is 9.97 Å². The van der Waals surface area contributed by atoms with Gasteiger partial charge in [-0.05, 0) is 55.5 Å². The highest BCUT2D eigenvalue weighted by molar-refractivity contribution is 7.98. The summed E-state index contributed by atoms with van der Waals surface area (Å²) >= 11 is 1.40. The van der Waals surface area contributed by atoms with E-state index in [4.69, 9.17) is 28.6 Å². The van der Waals surface area contributed by atoms with Crippen molar-refractivity contribution in [2.24, 2.45) is 0 Å². The van der Waals surface area contributed by atoms with Crippen LogP contribution in [0.25, 0.3) is 28.0 Å². The van der Waals surface area contributed by atoms with E-state index in [-0.39, 0.29) is 5.56 Å². The van der Waals surface area contributed by atoms with Crippen LogP contribution in [-0.4, -0.2) is 35.9 Å². The number of oxazole rings is 1. The molecule has 0 radical (unpaired) electrons. The van der Waals surface area contributed by atoms with E-state index in [1.54, 1.807) is 50.2 Å². The zero-order valence-corrected chi connectivity index (χ0v) is 21.7. The number of benzene rings is 3. The first-order chi connectivity index (χ1) is 18.0. The third-order valence-corrected chi connectivity index (χ3v) is 6.89. The number of hydrogen-bond donors (Lipinski definition) is 0. The van der Waals surface area contributed by atoms with Crippen LogP contribution >= 0.6 is 11.8 Å². The van der Waals surface area contributed by atoms with E-state index in [1.807, 2.05) is 49.4 Å². The second kappa shape index (κ2) is 10.4. The summed E-state index contributed by atoms with van der Waals surface area (Å²) in [6, 6.07) is 20.2. The molecule has 37 heavy (non-hydrogen) atoms. The number of ether oxygens (including phenoxy) is 3. The van der Waals surface area contributed by atoms with E-state index in [0.29, 0.717) is 50.6 Å². The Kier molecular flexibility index (Phi) is 6.87. The topological polar surface area (TPSA) is 88.6 Å². The molecule has 2 aromatic heterocycles. The molecule has 0 N–H and O–H groups in total. The maximum atomic E-state index is 13.7. The number of aryl methyl sites for hydroxylation is 1. The van der Waals surface area contributed by atoms with Crippen molar-refractivity contribution in [2.75, 3.05) is 21.3 Å². The molecule has 0 saturated carbocycles. The number of nitrogens with zero attached hydrogens (tertiary/aromatic N) is 3. The number of hydrogen-bond acceptors (Lipinski definition) is 8. The SMILES string of the molecule is COc1ccc(-c2nc(CSc3nc4ccccc4c(=O)n3-c3ccc(OC)cc3OC)c(C)o2)cc1. The van der Waals surface area contributed by atoms with E-state index in [2.05, 4.69) is 0 Å². The third kappa shape index (κ3) is 4.77. The molecule has 0 unspecified atom stereocenters. The summed E-state index contributed by atoms with van der Waals surface area (Å²) in [6.07, 6.45) is 0. The number of rotatable bonds is 8. The normalized spacial score (nSPS) is 11.0. The zero-order chi connectivity index (χ0) is 25.9. The molecule has 2 heterocycles. The molecule has 188 valence electrons. The summed E-state index contributed by atoms with van der Waals surface area (Å²) < 4.78 is 23.7. The molecule has 0 aliphatic carbocycles. The van der Waals surface area contributed by atoms with Crippen molar-refractivity contribution in [3.8, 4) is 34.4 Å². The molecule has 0 amide bonds. The summed E-state index contributed by atoms with van der Waals surface area (Å²) in [4.78, 5) is 23.2. The standard InChI is InChI=1S/C28H25N3O5S/c1-17-23(29-26(36-17)18-9-11-19(33-2)12-10-18)16-37-28-30-22-8-6-5-7-21(22)27(32)31(28)24-14-13-20(34-3)15-25(24)35-4/h5-15H,16H2,1-4H3. The second-order valence-corrected chi connectivity index (χ2v) is 9.07. The third-order valence-electron chi connectivity index (χ3n) is 5.94. The average Bonchev–Trinajstić information content (AvgIpc) is 3.32. The molecule has 5 rings (SSSR count). The fourth-order valence-electron chi connectivity index (χ4n) is 3.94. The Balaban J connectivity index is 1.54. The van der Waals surface area contributed by atoms with E-state index < -0.39 is 0 Å². The molecule has 3 aromatic carbocycles. The summed E-state index contributed by atoms with van der Waals surface area (Å²) in [5, 5.41) is 1.03. The van der Waals surface area contributed by atoms with Gasteiger partial charge in [-0.3, -0.25) is 9.36 Å². The lowest BCUT2D eigenvalue weighted by atomic mass is 10.2. The monoisotopic (exact) mass is 515 g/mol. The first-order valence-corrected chi connectivity index (χ1v) is 12.5. The molecule has 0 fully saturated rings. The number of fused-ring (bicyclic) bond motifs is 1. The van der Waals surface area contributed by atoms with Gasteiger partial charge in [0.05, 0.1) is 43.6 Å². The first-order valence-electron chi connectivity index (χ1n) is 11.5. The van der Waals surface area contributed by atoms with Crippen LogP contribution in [-0.2, 0) is 5.75 Å². The van der Waals surface area contributed by atoms with E-state index in [0.717, 1.165) is 17.0 Å². The van der Waals surface area contributed by atoms with E-state index in [1.165, 1.54) is 11.8 Å². The molecule has 0 spiro atoms. The van der Waals surface area contributed by atoms with Crippen molar-refractivity contribution in [2.45, 2.75) is 17.8 Å². The molecule has 5 aromatic rings. The maximum Gasteiger partial charge on any atom is 0.266 e. The van der Waals surface area contributed by atoms with Gasteiger partial charge in [0.15, 0.2) is 5.16 Å². The second-order valence-electron chi connectivity index (χ2n) is 8.13. The van der Waals surface area contributed by atoms with Gasteiger partial charge in [0.25, 0.3) is 5.56 Å².